The van der Waals surface area contributed by atoms with E-state index in [-0.39, 0.29) is 11.8 Å². The zero-order valence-electron chi connectivity index (χ0n) is 13.7. The van der Waals surface area contributed by atoms with E-state index in [4.69, 9.17) is 5.73 Å². The van der Waals surface area contributed by atoms with Crippen molar-refractivity contribution in [1.29, 1.82) is 0 Å². The molecule has 0 radical (unpaired) electrons. The Morgan fingerprint density at radius 3 is 2.60 bits per heavy atom. The molecule has 128 valence electrons. The number of benzene rings is 1. The third-order valence-electron chi connectivity index (χ3n) is 4.49. The molecule has 2 amide bonds. The monoisotopic (exact) mass is 354 g/mol. The molecule has 1 aliphatic rings. The number of anilines is 1. The number of hydrogen-bond donors (Lipinski definition) is 2. The second kappa shape index (κ2) is 7.03. The molecule has 6 heteroatoms. The van der Waals surface area contributed by atoms with Gasteiger partial charge >= 0.3 is 0 Å². The van der Waals surface area contributed by atoms with Gasteiger partial charge in [-0.3, -0.25) is 14.4 Å². The second-order valence-electron chi connectivity index (χ2n) is 6.05. The van der Waals surface area contributed by atoms with Crippen LogP contribution in [0.3, 0.4) is 0 Å². The molecule has 0 fully saturated rings. The van der Waals surface area contributed by atoms with Crippen LogP contribution in [-0.2, 0) is 4.79 Å². The normalized spacial score (nSPS) is 16.8. The van der Waals surface area contributed by atoms with Gasteiger partial charge in [-0.2, -0.15) is 0 Å². The Kier molecular flexibility index (Phi) is 4.81. The number of nitrogens with one attached hydrogen (secondary N) is 1. The fourth-order valence-electron chi connectivity index (χ4n) is 3.05. The minimum absolute atomic E-state index is 0.279. The quantitative estimate of drug-likeness (QED) is 0.806. The van der Waals surface area contributed by atoms with Crippen molar-refractivity contribution in [1.82, 2.24) is 0 Å². The molecule has 1 aromatic heterocycles. The first kappa shape index (κ1) is 17.1. The van der Waals surface area contributed by atoms with Crippen LogP contribution in [0.2, 0.25) is 0 Å². The predicted octanol–water partition coefficient (Wildman–Crippen LogP) is 3.48. The Labute approximate surface area is 149 Å². The van der Waals surface area contributed by atoms with Gasteiger partial charge in [0, 0.05) is 5.56 Å². The summed E-state index contributed by atoms with van der Waals surface area (Å²) in [5, 5.41) is 4.86. The van der Waals surface area contributed by atoms with Gasteiger partial charge in [-0.25, -0.2) is 0 Å². The average molecular weight is 354 g/mol. The van der Waals surface area contributed by atoms with Gasteiger partial charge in [0.05, 0.1) is 5.56 Å². The number of nitrogens with two attached hydrogens (primary N) is 1. The minimum atomic E-state index is -0.574. The van der Waals surface area contributed by atoms with E-state index >= 15 is 0 Å². The number of thiophene rings is 1. The lowest BCUT2D eigenvalue weighted by Crippen LogP contribution is -2.16. The van der Waals surface area contributed by atoms with E-state index in [1.165, 1.54) is 11.3 Å². The summed E-state index contributed by atoms with van der Waals surface area (Å²) in [6.45, 7) is 2.05. The molecule has 1 unspecified atom stereocenters. The molecule has 2 aromatic rings. The van der Waals surface area contributed by atoms with E-state index in [0.29, 0.717) is 16.1 Å². The van der Waals surface area contributed by atoms with Crippen molar-refractivity contribution in [2.75, 3.05) is 5.32 Å². The van der Waals surface area contributed by atoms with Crippen molar-refractivity contribution in [3.8, 4) is 0 Å². The van der Waals surface area contributed by atoms with Crippen molar-refractivity contribution in [2.24, 2.45) is 11.7 Å². The van der Waals surface area contributed by atoms with Gasteiger partial charge < -0.3 is 11.1 Å². The first-order chi connectivity index (χ1) is 12.0. The Morgan fingerprint density at radius 2 is 1.96 bits per heavy atom. The molecule has 3 N–H and O–H groups in total. The summed E-state index contributed by atoms with van der Waals surface area (Å²) >= 11 is 1.25. The fraction of sp³-hybridized carbons (Fsp3) is 0.211. The molecular weight excluding hydrogens is 336 g/mol. The highest BCUT2D eigenvalue weighted by atomic mass is 32.1. The average Bonchev–Trinajstić information content (AvgIpc) is 3.21. The summed E-state index contributed by atoms with van der Waals surface area (Å²) in [4.78, 5) is 35.0. The lowest BCUT2D eigenvalue weighted by Gasteiger charge is -2.08. The maximum absolute atomic E-state index is 12.4. The van der Waals surface area contributed by atoms with Gasteiger partial charge in [0.25, 0.3) is 11.8 Å². The third-order valence-corrected chi connectivity index (χ3v) is 5.32. The zero-order chi connectivity index (χ0) is 18.0. The standard InChI is InChI=1S/C19H18N2O3S/c1-11-2-7-14(16(11)10-22)12-3-5-13(6-4-12)18(24)21-19-15(17(20)23)8-9-25-19/h3-6,8-11H,2,7H2,1H3,(H2,20,23)(H,21,24). The molecule has 1 heterocycles. The highest BCUT2D eigenvalue weighted by Gasteiger charge is 2.22. The number of carbonyl (C=O) groups excluding carboxylic acids is 3. The molecule has 1 aliphatic carbocycles. The van der Waals surface area contributed by atoms with E-state index in [2.05, 4.69) is 12.2 Å². The number of primary amides is 1. The van der Waals surface area contributed by atoms with E-state index in [1.807, 2.05) is 12.1 Å². The first-order valence-corrected chi connectivity index (χ1v) is 8.86. The van der Waals surface area contributed by atoms with Crippen LogP contribution in [0.15, 0.2) is 41.3 Å². The van der Waals surface area contributed by atoms with Crippen LogP contribution >= 0.6 is 11.3 Å². The van der Waals surface area contributed by atoms with Crippen molar-refractivity contribution >= 4 is 40.0 Å². The van der Waals surface area contributed by atoms with E-state index in [0.717, 1.165) is 35.8 Å². The van der Waals surface area contributed by atoms with Gasteiger partial charge in [0.15, 0.2) is 0 Å². The van der Waals surface area contributed by atoms with Crippen molar-refractivity contribution in [3.63, 3.8) is 0 Å². The summed E-state index contributed by atoms with van der Waals surface area (Å²) in [5.74, 6) is -0.599. The Bertz CT molecular complexity index is 865. The Morgan fingerprint density at radius 1 is 1.24 bits per heavy atom. The lowest BCUT2D eigenvalue weighted by molar-refractivity contribution is -0.105. The Balaban J connectivity index is 1.80. The number of hydrogen-bond acceptors (Lipinski definition) is 4. The van der Waals surface area contributed by atoms with Crippen LogP contribution < -0.4 is 11.1 Å². The molecule has 5 nitrogen and oxygen atoms in total. The largest absolute Gasteiger partial charge is 0.366 e. The summed E-state index contributed by atoms with van der Waals surface area (Å²) in [6.07, 6.45) is 2.79. The zero-order valence-corrected chi connectivity index (χ0v) is 14.6. The SMILES string of the molecule is CC1CCC(c2ccc(C(=O)Nc3sccc3C(N)=O)cc2)=C1C=O. The molecule has 1 atom stereocenters. The smallest absolute Gasteiger partial charge is 0.256 e. The van der Waals surface area contributed by atoms with Crippen molar-refractivity contribution < 1.29 is 14.4 Å². The van der Waals surface area contributed by atoms with Gasteiger partial charge in [-0.05, 0) is 59.0 Å². The molecule has 0 spiro atoms. The first-order valence-electron chi connectivity index (χ1n) is 7.98. The van der Waals surface area contributed by atoms with E-state index in [1.54, 1.807) is 23.6 Å². The minimum Gasteiger partial charge on any atom is -0.366 e. The van der Waals surface area contributed by atoms with Gasteiger partial charge in [0.2, 0.25) is 0 Å². The molecule has 1 aromatic carbocycles. The molecular formula is C19H18N2O3S. The highest BCUT2D eigenvalue weighted by molar-refractivity contribution is 7.14. The fourth-order valence-corrected chi connectivity index (χ4v) is 3.84. The lowest BCUT2D eigenvalue weighted by atomic mass is 9.99. The molecule has 3 rings (SSSR count). The number of rotatable bonds is 5. The molecule has 25 heavy (non-hydrogen) atoms. The molecule has 0 saturated heterocycles. The van der Waals surface area contributed by atoms with Crippen LogP contribution in [0.4, 0.5) is 5.00 Å². The Hall–Kier alpha value is -2.73. The topological polar surface area (TPSA) is 89.3 Å². The van der Waals surface area contributed by atoms with Crippen LogP contribution in [0.1, 0.15) is 46.0 Å². The van der Waals surface area contributed by atoms with Crippen molar-refractivity contribution in [3.05, 3.63) is 58.0 Å². The van der Waals surface area contributed by atoms with E-state index in [9.17, 15) is 14.4 Å². The summed E-state index contributed by atoms with van der Waals surface area (Å²) in [7, 11) is 0. The van der Waals surface area contributed by atoms with Gasteiger partial charge in [-0.1, -0.05) is 19.1 Å². The number of amides is 2. The van der Waals surface area contributed by atoms with Gasteiger partial charge in [-0.15, -0.1) is 11.3 Å². The van der Waals surface area contributed by atoms with Crippen LogP contribution in [-0.4, -0.2) is 18.1 Å². The van der Waals surface area contributed by atoms with Gasteiger partial charge in [0.1, 0.15) is 11.3 Å². The number of aldehydes is 1. The van der Waals surface area contributed by atoms with E-state index < -0.39 is 5.91 Å². The summed E-state index contributed by atoms with van der Waals surface area (Å²) in [5.41, 5.74) is 8.94. The van der Waals surface area contributed by atoms with Crippen LogP contribution in [0, 0.1) is 5.92 Å². The van der Waals surface area contributed by atoms with Crippen molar-refractivity contribution in [2.45, 2.75) is 19.8 Å². The number of allylic oxidation sites excluding steroid dienone is 2. The third kappa shape index (κ3) is 3.39. The summed E-state index contributed by atoms with van der Waals surface area (Å²) in [6, 6.07) is 8.74. The predicted molar refractivity (Wildman–Crippen MR) is 98.6 cm³/mol. The molecule has 0 bridgehead atoms. The van der Waals surface area contributed by atoms with Crippen LogP contribution in [0.5, 0.6) is 0 Å². The summed E-state index contributed by atoms with van der Waals surface area (Å²) < 4.78 is 0. The molecule has 0 aliphatic heterocycles. The highest BCUT2D eigenvalue weighted by Crippen LogP contribution is 2.36. The maximum atomic E-state index is 12.4. The van der Waals surface area contributed by atoms with Crippen LogP contribution in [0.25, 0.3) is 5.57 Å². The second-order valence-corrected chi connectivity index (χ2v) is 6.97. The molecule has 0 saturated carbocycles. The maximum Gasteiger partial charge on any atom is 0.256 e. The number of carbonyl (C=O) groups is 3.